The van der Waals surface area contributed by atoms with Crippen molar-refractivity contribution in [3.63, 3.8) is 0 Å². The molecule has 1 fully saturated rings. The number of hydrogen-bond donors (Lipinski definition) is 2. The van der Waals surface area contributed by atoms with Crippen LogP contribution in [0.1, 0.15) is 25.7 Å². The molecule has 15 heavy (non-hydrogen) atoms. The van der Waals surface area contributed by atoms with E-state index in [1.807, 2.05) is 24.3 Å². The molecule has 0 saturated heterocycles. The van der Waals surface area contributed by atoms with Gasteiger partial charge in [0, 0.05) is 6.42 Å². The van der Waals surface area contributed by atoms with Crippen molar-refractivity contribution in [2.45, 2.75) is 37.5 Å². The molecule has 1 aromatic carbocycles. The highest BCUT2D eigenvalue weighted by Gasteiger charge is 2.46. The summed E-state index contributed by atoms with van der Waals surface area (Å²) in [5.41, 5.74) is 0.445. The molecule has 1 aliphatic carbocycles. The number of nitrogens with one attached hydrogen (secondary N) is 1. The first kappa shape index (κ1) is 9.04. The van der Waals surface area contributed by atoms with Crippen molar-refractivity contribution in [2.24, 2.45) is 0 Å². The van der Waals surface area contributed by atoms with E-state index in [-0.39, 0.29) is 0 Å². The largest absolute Gasteiger partial charge is 0.463 e. The summed E-state index contributed by atoms with van der Waals surface area (Å²) >= 11 is 0. The first-order chi connectivity index (χ1) is 7.30. The van der Waals surface area contributed by atoms with Crippen LogP contribution in [0.25, 0.3) is 0 Å². The molecule has 0 radical (unpaired) electrons. The molecule has 1 saturated carbocycles. The molecule has 1 spiro atoms. The minimum Gasteiger partial charge on any atom is -0.463 e. The van der Waals surface area contributed by atoms with Crippen LogP contribution in [0.5, 0.6) is 5.75 Å². The van der Waals surface area contributed by atoms with Crippen molar-refractivity contribution in [1.82, 2.24) is 0 Å². The first-order valence-corrected chi connectivity index (χ1v) is 5.54. The van der Waals surface area contributed by atoms with Crippen molar-refractivity contribution in [3.05, 3.63) is 24.3 Å². The second kappa shape index (κ2) is 3.14. The standard InChI is InChI=1S/C12H15NO2/c14-11-7-3-4-8-12(11)13-9-5-1-2-6-10(9)15-12/h1-2,5-6,11,13-14H,3-4,7-8H2. The second-order valence-corrected chi connectivity index (χ2v) is 4.37. The van der Waals surface area contributed by atoms with E-state index >= 15 is 0 Å². The summed E-state index contributed by atoms with van der Waals surface area (Å²) in [5, 5.41) is 13.4. The van der Waals surface area contributed by atoms with Crippen LogP contribution in [0.4, 0.5) is 5.69 Å². The minimum absolute atomic E-state index is 0.404. The smallest absolute Gasteiger partial charge is 0.206 e. The number of aliphatic hydroxyl groups excluding tert-OH is 1. The summed E-state index contributed by atoms with van der Waals surface area (Å²) in [4.78, 5) is 0. The molecule has 1 aromatic rings. The highest BCUT2D eigenvalue weighted by Crippen LogP contribution is 2.43. The average molecular weight is 205 g/mol. The lowest BCUT2D eigenvalue weighted by Crippen LogP contribution is -2.53. The highest BCUT2D eigenvalue weighted by atomic mass is 16.5. The van der Waals surface area contributed by atoms with E-state index in [1.54, 1.807) is 0 Å². The zero-order chi connectivity index (χ0) is 10.3. The van der Waals surface area contributed by atoms with Gasteiger partial charge in [0.05, 0.1) is 5.69 Å². The molecule has 0 aromatic heterocycles. The van der Waals surface area contributed by atoms with Gasteiger partial charge in [0.15, 0.2) is 0 Å². The van der Waals surface area contributed by atoms with Gasteiger partial charge in [-0.05, 0) is 25.0 Å². The summed E-state index contributed by atoms with van der Waals surface area (Å²) in [7, 11) is 0. The van der Waals surface area contributed by atoms with Gasteiger partial charge in [-0.3, -0.25) is 0 Å². The van der Waals surface area contributed by atoms with Gasteiger partial charge in [0.1, 0.15) is 11.9 Å². The number of ether oxygens (including phenoxy) is 1. The number of benzene rings is 1. The summed E-state index contributed by atoms with van der Waals surface area (Å²) in [6, 6.07) is 7.86. The zero-order valence-electron chi connectivity index (χ0n) is 8.57. The van der Waals surface area contributed by atoms with E-state index in [2.05, 4.69) is 5.32 Å². The molecule has 1 aliphatic heterocycles. The topological polar surface area (TPSA) is 41.5 Å². The van der Waals surface area contributed by atoms with Crippen LogP contribution in [0.15, 0.2) is 24.3 Å². The lowest BCUT2D eigenvalue weighted by atomic mass is 9.89. The fourth-order valence-electron chi connectivity index (χ4n) is 2.50. The average Bonchev–Trinajstić information content (AvgIpc) is 2.62. The van der Waals surface area contributed by atoms with Gasteiger partial charge < -0.3 is 15.2 Å². The third-order valence-corrected chi connectivity index (χ3v) is 3.34. The molecule has 2 atom stereocenters. The Labute approximate surface area is 89.1 Å². The van der Waals surface area contributed by atoms with Crippen molar-refractivity contribution in [3.8, 4) is 5.75 Å². The van der Waals surface area contributed by atoms with Crippen molar-refractivity contribution >= 4 is 5.69 Å². The molecule has 0 amide bonds. The van der Waals surface area contributed by atoms with Crippen LogP contribution in [-0.2, 0) is 0 Å². The van der Waals surface area contributed by atoms with Gasteiger partial charge in [0.25, 0.3) is 0 Å². The van der Waals surface area contributed by atoms with Gasteiger partial charge in [0.2, 0.25) is 5.72 Å². The molecular formula is C12H15NO2. The maximum atomic E-state index is 10.0. The van der Waals surface area contributed by atoms with Crippen molar-refractivity contribution < 1.29 is 9.84 Å². The number of para-hydroxylation sites is 2. The molecule has 2 N–H and O–H groups in total. The van der Waals surface area contributed by atoms with Crippen LogP contribution in [-0.4, -0.2) is 16.9 Å². The number of anilines is 1. The summed E-state index contributed by atoms with van der Waals surface area (Å²) in [5.74, 6) is 0.860. The maximum absolute atomic E-state index is 10.0. The SMILES string of the molecule is OC1CCCCC12Nc1ccccc1O2. The lowest BCUT2D eigenvalue weighted by molar-refractivity contribution is -0.0515. The molecule has 2 unspecified atom stereocenters. The zero-order valence-corrected chi connectivity index (χ0v) is 8.57. The summed E-state index contributed by atoms with van der Waals surface area (Å²) in [6.07, 6.45) is 3.49. The Morgan fingerprint density at radius 1 is 1.33 bits per heavy atom. The predicted octanol–water partition coefficient (Wildman–Crippen LogP) is 2.12. The van der Waals surface area contributed by atoms with Crippen LogP contribution in [0.3, 0.4) is 0 Å². The molecule has 80 valence electrons. The molecule has 3 nitrogen and oxygen atoms in total. The van der Waals surface area contributed by atoms with E-state index in [9.17, 15) is 5.11 Å². The summed E-state index contributed by atoms with van der Waals surface area (Å²) < 4.78 is 5.89. The van der Waals surface area contributed by atoms with Gasteiger partial charge in [-0.2, -0.15) is 0 Å². The van der Waals surface area contributed by atoms with E-state index in [4.69, 9.17) is 4.74 Å². The Kier molecular flexibility index (Phi) is 1.89. The minimum atomic E-state index is -0.554. The van der Waals surface area contributed by atoms with Crippen molar-refractivity contribution in [1.29, 1.82) is 0 Å². The third-order valence-electron chi connectivity index (χ3n) is 3.34. The number of fused-ring (bicyclic) bond motifs is 1. The quantitative estimate of drug-likeness (QED) is 0.681. The van der Waals surface area contributed by atoms with Gasteiger partial charge in [-0.1, -0.05) is 18.6 Å². The maximum Gasteiger partial charge on any atom is 0.206 e. The Balaban J connectivity index is 1.93. The van der Waals surface area contributed by atoms with Crippen molar-refractivity contribution in [2.75, 3.05) is 5.32 Å². The molecule has 2 aliphatic rings. The van der Waals surface area contributed by atoms with Gasteiger partial charge >= 0.3 is 0 Å². The Morgan fingerprint density at radius 3 is 3.00 bits per heavy atom. The predicted molar refractivity (Wildman–Crippen MR) is 57.9 cm³/mol. The molecular weight excluding hydrogens is 190 g/mol. The fourth-order valence-corrected chi connectivity index (χ4v) is 2.50. The Bertz CT molecular complexity index is 353. The van der Waals surface area contributed by atoms with Gasteiger partial charge in [-0.15, -0.1) is 0 Å². The van der Waals surface area contributed by atoms with Crippen LogP contribution in [0.2, 0.25) is 0 Å². The van der Waals surface area contributed by atoms with Crippen LogP contribution >= 0.6 is 0 Å². The van der Waals surface area contributed by atoms with E-state index < -0.39 is 11.8 Å². The number of aliphatic hydroxyl groups is 1. The third kappa shape index (κ3) is 1.30. The summed E-state index contributed by atoms with van der Waals surface area (Å²) in [6.45, 7) is 0. The lowest BCUT2D eigenvalue weighted by Gasteiger charge is -2.37. The fraction of sp³-hybridized carbons (Fsp3) is 0.500. The first-order valence-electron chi connectivity index (χ1n) is 5.54. The molecule has 3 heteroatoms. The monoisotopic (exact) mass is 205 g/mol. The molecule has 1 heterocycles. The van der Waals surface area contributed by atoms with Crippen LogP contribution in [0, 0.1) is 0 Å². The van der Waals surface area contributed by atoms with E-state index in [1.165, 1.54) is 0 Å². The molecule has 3 rings (SSSR count). The van der Waals surface area contributed by atoms with Crippen LogP contribution < -0.4 is 10.1 Å². The highest BCUT2D eigenvalue weighted by molar-refractivity contribution is 5.61. The second-order valence-electron chi connectivity index (χ2n) is 4.37. The number of hydrogen-bond acceptors (Lipinski definition) is 3. The Morgan fingerprint density at radius 2 is 2.20 bits per heavy atom. The Hall–Kier alpha value is -1.22. The van der Waals surface area contributed by atoms with E-state index in [0.29, 0.717) is 0 Å². The van der Waals surface area contributed by atoms with E-state index in [0.717, 1.165) is 37.1 Å². The van der Waals surface area contributed by atoms with Gasteiger partial charge in [-0.25, -0.2) is 0 Å². The normalized spacial score (nSPS) is 33.3. The molecule has 0 bridgehead atoms. The number of rotatable bonds is 0.